The third-order valence-electron chi connectivity index (χ3n) is 3.82. The number of piperidine rings is 1. The molecule has 2 amide bonds. The van der Waals surface area contributed by atoms with Gasteiger partial charge < -0.3 is 19.7 Å². The molecule has 0 aromatic carbocycles. The number of likely N-dealkylation sites (tertiary alicyclic amines) is 1. The summed E-state index contributed by atoms with van der Waals surface area (Å²) in [5.41, 5.74) is -0.591. The highest BCUT2D eigenvalue weighted by atomic mass is 16.6. The molecule has 0 unspecified atom stereocenters. The number of nitrogens with one attached hydrogen (secondary N) is 1. The van der Waals surface area contributed by atoms with Gasteiger partial charge >= 0.3 is 12.1 Å². The van der Waals surface area contributed by atoms with Crippen molar-refractivity contribution in [2.24, 2.45) is 11.8 Å². The maximum Gasteiger partial charge on any atom is 0.409 e. The van der Waals surface area contributed by atoms with E-state index in [-0.39, 0.29) is 24.3 Å². The van der Waals surface area contributed by atoms with Crippen molar-refractivity contribution in [1.82, 2.24) is 10.2 Å². The summed E-state index contributed by atoms with van der Waals surface area (Å²) >= 11 is 0. The second-order valence-electron chi connectivity index (χ2n) is 6.49. The molecule has 1 N–H and O–H groups in total. The van der Waals surface area contributed by atoms with E-state index in [1.165, 1.54) is 12.0 Å². The third kappa shape index (κ3) is 3.28. The van der Waals surface area contributed by atoms with E-state index >= 15 is 0 Å². The number of carbonyl (C=O) groups excluding carboxylic acids is 3. The molecule has 118 valence electrons. The van der Waals surface area contributed by atoms with E-state index in [2.05, 4.69) is 10.1 Å². The van der Waals surface area contributed by atoms with Crippen LogP contribution in [0.2, 0.25) is 0 Å². The Hall–Kier alpha value is -1.79. The predicted octanol–water partition coefficient (Wildman–Crippen LogP) is 0.531. The first-order valence-electron chi connectivity index (χ1n) is 7.09. The average molecular weight is 298 g/mol. The van der Waals surface area contributed by atoms with E-state index < -0.39 is 23.7 Å². The molecule has 7 nitrogen and oxygen atoms in total. The van der Waals surface area contributed by atoms with Crippen LogP contribution >= 0.6 is 0 Å². The van der Waals surface area contributed by atoms with Gasteiger partial charge in [-0.3, -0.25) is 4.79 Å². The molecule has 3 atom stereocenters. The number of ether oxygens (including phenoxy) is 2. The van der Waals surface area contributed by atoms with Gasteiger partial charge in [-0.05, 0) is 27.2 Å². The summed E-state index contributed by atoms with van der Waals surface area (Å²) in [7, 11) is 1.31. The lowest BCUT2D eigenvalue weighted by molar-refractivity contribution is -0.158. The summed E-state index contributed by atoms with van der Waals surface area (Å²) in [6, 6.07) is -0.624. The molecule has 0 aliphatic carbocycles. The zero-order valence-electron chi connectivity index (χ0n) is 12.8. The smallest absolute Gasteiger partial charge is 0.409 e. The number of esters is 1. The molecule has 2 aliphatic rings. The van der Waals surface area contributed by atoms with Crippen LogP contribution in [0.1, 0.15) is 27.2 Å². The number of rotatable bonds is 1. The average Bonchev–Trinajstić information content (AvgIpc) is 2.73. The number of amides is 2. The van der Waals surface area contributed by atoms with Crippen molar-refractivity contribution in [3.8, 4) is 0 Å². The molecular weight excluding hydrogens is 276 g/mol. The minimum atomic E-state index is -0.624. The lowest BCUT2D eigenvalue weighted by Crippen LogP contribution is -2.47. The van der Waals surface area contributed by atoms with Gasteiger partial charge in [0.1, 0.15) is 11.6 Å². The summed E-state index contributed by atoms with van der Waals surface area (Å²) < 4.78 is 10.0. The van der Waals surface area contributed by atoms with Crippen molar-refractivity contribution in [2.75, 3.05) is 20.2 Å². The van der Waals surface area contributed by atoms with Crippen LogP contribution in [0, 0.1) is 11.8 Å². The van der Waals surface area contributed by atoms with Gasteiger partial charge in [0.15, 0.2) is 0 Å². The Morgan fingerprint density at radius 3 is 2.57 bits per heavy atom. The van der Waals surface area contributed by atoms with Crippen molar-refractivity contribution in [1.29, 1.82) is 0 Å². The zero-order valence-corrected chi connectivity index (χ0v) is 12.8. The van der Waals surface area contributed by atoms with Crippen LogP contribution in [0.5, 0.6) is 0 Å². The van der Waals surface area contributed by atoms with E-state index in [1.807, 2.05) is 0 Å². The minimum absolute atomic E-state index is 0.131. The molecule has 0 aromatic rings. The maximum atomic E-state index is 12.2. The fraction of sp³-hybridized carbons (Fsp3) is 0.786. The molecule has 2 fully saturated rings. The normalized spacial score (nSPS) is 28.7. The van der Waals surface area contributed by atoms with E-state index in [0.717, 1.165) is 0 Å². The van der Waals surface area contributed by atoms with Crippen molar-refractivity contribution in [3.05, 3.63) is 0 Å². The number of nitrogens with zero attached hydrogens (tertiary/aromatic N) is 1. The van der Waals surface area contributed by atoms with Crippen LogP contribution in [-0.2, 0) is 19.1 Å². The van der Waals surface area contributed by atoms with E-state index in [9.17, 15) is 14.4 Å². The summed E-state index contributed by atoms with van der Waals surface area (Å²) in [6.45, 7) is 6.13. The molecule has 0 bridgehead atoms. The standard InChI is InChI=1S/C14H22N2O5/c1-14(2,3)21-12(18)10-8-5-6-16(13(19)20-4)7-9(8)11(17)15-10/h8-10H,5-7H2,1-4H3,(H,15,17)/t8-,9+,10+/m0/s1. The van der Waals surface area contributed by atoms with Crippen LogP contribution in [0.25, 0.3) is 0 Å². The first-order chi connectivity index (χ1) is 9.73. The zero-order chi connectivity index (χ0) is 15.8. The Bertz CT molecular complexity index is 457. The topological polar surface area (TPSA) is 84.9 Å². The molecule has 2 saturated heterocycles. The first kappa shape index (κ1) is 15.6. The van der Waals surface area contributed by atoms with Crippen LogP contribution in [0.4, 0.5) is 4.79 Å². The van der Waals surface area contributed by atoms with Crippen LogP contribution in [0.3, 0.4) is 0 Å². The first-order valence-corrected chi connectivity index (χ1v) is 7.09. The predicted molar refractivity (Wildman–Crippen MR) is 73.4 cm³/mol. The van der Waals surface area contributed by atoms with Crippen molar-refractivity contribution < 1.29 is 23.9 Å². The minimum Gasteiger partial charge on any atom is -0.458 e. The SMILES string of the molecule is COC(=O)N1CC[C@H]2[C@@H](C1)C(=O)N[C@H]2C(=O)OC(C)(C)C. The number of fused-ring (bicyclic) bond motifs is 1. The van der Waals surface area contributed by atoms with Gasteiger partial charge in [-0.15, -0.1) is 0 Å². The van der Waals surface area contributed by atoms with Crippen LogP contribution < -0.4 is 5.32 Å². The molecule has 0 spiro atoms. The lowest BCUT2D eigenvalue weighted by Gasteiger charge is -2.34. The van der Waals surface area contributed by atoms with Gasteiger partial charge in [0.25, 0.3) is 0 Å². The van der Waals surface area contributed by atoms with Crippen molar-refractivity contribution in [3.63, 3.8) is 0 Å². The monoisotopic (exact) mass is 298 g/mol. The van der Waals surface area contributed by atoms with E-state index in [4.69, 9.17) is 4.74 Å². The highest BCUT2D eigenvalue weighted by Crippen LogP contribution is 2.33. The summed E-state index contributed by atoms with van der Waals surface area (Å²) in [6.07, 6.45) is 0.129. The fourth-order valence-electron chi connectivity index (χ4n) is 2.91. The van der Waals surface area contributed by atoms with Crippen molar-refractivity contribution in [2.45, 2.75) is 38.8 Å². The second kappa shape index (κ2) is 5.54. The van der Waals surface area contributed by atoms with Crippen LogP contribution in [-0.4, -0.2) is 54.7 Å². The number of methoxy groups -OCH3 is 1. The molecule has 2 aliphatic heterocycles. The molecule has 0 aromatic heterocycles. The molecule has 2 rings (SSSR count). The second-order valence-corrected chi connectivity index (χ2v) is 6.49. The summed E-state index contributed by atoms with van der Waals surface area (Å²) in [4.78, 5) is 37.3. The molecule has 0 saturated carbocycles. The summed E-state index contributed by atoms with van der Waals surface area (Å²) in [5, 5.41) is 2.70. The van der Waals surface area contributed by atoms with Gasteiger partial charge in [-0.25, -0.2) is 9.59 Å². The summed E-state index contributed by atoms with van der Waals surface area (Å²) in [5.74, 6) is -1.12. The molecular formula is C14H22N2O5. The van der Waals surface area contributed by atoms with E-state index in [1.54, 1.807) is 20.8 Å². The van der Waals surface area contributed by atoms with Gasteiger partial charge in [-0.2, -0.15) is 0 Å². The Morgan fingerprint density at radius 1 is 1.33 bits per heavy atom. The number of carbonyl (C=O) groups is 3. The van der Waals surface area contributed by atoms with Crippen LogP contribution in [0.15, 0.2) is 0 Å². The number of hydrogen-bond acceptors (Lipinski definition) is 5. The number of hydrogen-bond donors (Lipinski definition) is 1. The Kier molecular flexibility index (Phi) is 4.11. The highest BCUT2D eigenvalue weighted by Gasteiger charge is 2.50. The lowest BCUT2D eigenvalue weighted by atomic mass is 9.84. The van der Waals surface area contributed by atoms with Gasteiger partial charge in [0.2, 0.25) is 5.91 Å². The van der Waals surface area contributed by atoms with Gasteiger partial charge in [0, 0.05) is 19.0 Å². The highest BCUT2D eigenvalue weighted by molar-refractivity contribution is 5.91. The van der Waals surface area contributed by atoms with Gasteiger partial charge in [-0.1, -0.05) is 0 Å². The van der Waals surface area contributed by atoms with Gasteiger partial charge in [0.05, 0.1) is 13.0 Å². The molecule has 0 radical (unpaired) electrons. The fourth-order valence-corrected chi connectivity index (χ4v) is 2.91. The molecule has 7 heteroatoms. The largest absolute Gasteiger partial charge is 0.458 e. The van der Waals surface area contributed by atoms with Crippen molar-refractivity contribution >= 4 is 18.0 Å². The van der Waals surface area contributed by atoms with E-state index in [0.29, 0.717) is 13.0 Å². The Labute approximate surface area is 123 Å². The Morgan fingerprint density at radius 2 is 2.00 bits per heavy atom. The quantitative estimate of drug-likeness (QED) is 0.714. The third-order valence-corrected chi connectivity index (χ3v) is 3.82. The maximum absolute atomic E-state index is 12.2. The molecule has 21 heavy (non-hydrogen) atoms. The molecule has 2 heterocycles. The Balaban J connectivity index is 2.06.